The normalized spacial score (nSPS) is 10.6. The number of nitrogens with zero attached hydrogens (tertiary/aromatic N) is 2. The van der Waals surface area contributed by atoms with E-state index in [0.29, 0.717) is 28.0 Å². The lowest BCUT2D eigenvalue weighted by Gasteiger charge is -2.10. The Morgan fingerprint density at radius 3 is 2.91 bits per heavy atom. The van der Waals surface area contributed by atoms with E-state index < -0.39 is 0 Å². The Morgan fingerprint density at radius 2 is 2.14 bits per heavy atom. The number of benzene rings is 1. The van der Waals surface area contributed by atoms with Crippen LogP contribution < -0.4 is 5.32 Å². The molecular weight excluding hydrogens is 341 g/mol. The molecule has 1 aromatic carbocycles. The average molecular weight is 352 g/mol. The Labute approximate surface area is 141 Å². The molecule has 0 fully saturated rings. The Balaban J connectivity index is 1.80. The van der Waals surface area contributed by atoms with Crippen LogP contribution >= 0.6 is 34.5 Å². The number of aromatic nitrogens is 2. The Hall–Kier alpha value is -1.82. The summed E-state index contributed by atoms with van der Waals surface area (Å²) >= 11 is 13.7. The quantitative estimate of drug-likeness (QED) is 0.749. The molecule has 0 bridgehead atoms. The molecule has 0 saturated heterocycles. The maximum Gasteiger partial charge on any atom is 0.257 e. The third-order valence-corrected chi connectivity index (χ3v) is 4.63. The molecule has 3 rings (SSSR count). The third kappa shape index (κ3) is 3.16. The highest BCUT2D eigenvalue weighted by molar-refractivity contribution is 7.08. The van der Waals surface area contributed by atoms with Crippen LogP contribution in [0.2, 0.25) is 10.0 Å². The minimum Gasteiger partial charge on any atom is -0.307 e. The first-order valence-electron chi connectivity index (χ1n) is 6.43. The molecule has 3 aromatic rings. The van der Waals surface area contributed by atoms with E-state index in [4.69, 9.17) is 23.2 Å². The van der Waals surface area contributed by atoms with Crippen LogP contribution in [0.4, 0.5) is 5.82 Å². The number of nitrogens with one attached hydrogen (secondary N) is 1. The number of halogens is 2. The van der Waals surface area contributed by atoms with E-state index in [0.717, 1.165) is 5.56 Å². The standard InChI is InChI=1S/C15H11Cl2N3OS/c16-12-3-1-2-10(14(12)17)8-20-13(4-6-18-20)19-15(21)11-5-7-22-9-11/h1-7,9H,8H2,(H,19,21). The molecule has 1 N–H and O–H groups in total. The zero-order valence-electron chi connectivity index (χ0n) is 11.3. The molecule has 0 spiro atoms. The van der Waals surface area contributed by atoms with Crippen LogP contribution in [-0.4, -0.2) is 15.7 Å². The number of carbonyl (C=O) groups is 1. The third-order valence-electron chi connectivity index (χ3n) is 3.09. The molecule has 112 valence electrons. The van der Waals surface area contributed by atoms with Gasteiger partial charge in [0.15, 0.2) is 0 Å². The van der Waals surface area contributed by atoms with Gasteiger partial charge >= 0.3 is 0 Å². The summed E-state index contributed by atoms with van der Waals surface area (Å²) in [5.41, 5.74) is 1.46. The lowest BCUT2D eigenvalue weighted by atomic mass is 10.2. The summed E-state index contributed by atoms with van der Waals surface area (Å²) in [6.07, 6.45) is 1.63. The Bertz CT molecular complexity index is 799. The molecule has 0 atom stereocenters. The largest absolute Gasteiger partial charge is 0.307 e. The number of hydrogen-bond donors (Lipinski definition) is 1. The van der Waals surface area contributed by atoms with Gasteiger partial charge in [0.2, 0.25) is 0 Å². The summed E-state index contributed by atoms with van der Waals surface area (Å²) in [6, 6.07) is 8.95. The molecule has 7 heteroatoms. The van der Waals surface area contributed by atoms with E-state index in [1.165, 1.54) is 11.3 Å². The maximum absolute atomic E-state index is 12.1. The van der Waals surface area contributed by atoms with Gasteiger partial charge in [-0.05, 0) is 23.1 Å². The lowest BCUT2D eigenvalue weighted by molar-refractivity contribution is 0.102. The first-order chi connectivity index (χ1) is 10.6. The Morgan fingerprint density at radius 1 is 1.27 bits per heavy atom. The molecule has 2 aromatic heterocycles. The van der Waals surface area contributed by atoms with Gasteiger partial charge in [0.25, 0.3) is 5.91 Å². The highest BCUT2D eigenvalue weighted by Crippen LogP contribution is 2.26. The van der Waals surface area contributed by atoms with Crippen LogP contribution in [0.5, 0.6) is 0 Å². The second-order valence-corrected chi connectivity index (χ2v) is 6.12. The molecular formula is C15H11Cl2N3OS. The smallest absolute Gasteiger partial charge is 0.257 e. The van der Waals surface area contributed by atoms with Crippen molar-refractivity contribution in [3.05, 3.63) is 68.5 Å². The number of thiophene rings is 1. The molecule has 0 radical (unpaired) electrons. The fraction of sp³-hybridized carbons (Fsp3) is 0.0667. The van der Waals surface area contributed by atoms with Gasteiger partial charge < -0.3 is 5.32 Å². The summed E-state index contributed by atoms with van der Waals surface area (Å²) < 4.78 is 1.67. The molecule has 2 heterocycles. The summed E-state index contributed by atoms with van der Waals surface area (Å²) in [7, 11) is 0. The van der Waals surface area contributed by atoms with Gasteiger partial charge in [0, 0.05) is 11.4 Å². The van der Waals surface area contributed by atoms with Gasteiger partial charge in [-0.15, -0.1) is 0 Å². The second-order valence-electron chi connectivity index (χ2n) is 4.55. The van der Waals surface area contributed by atoms with Gasteiger partial charge in [0.05, 0.1) is 28.4 Å². The fourth-order valence-corrected chi connectivity index (χ4v) is 2.99. The molecule has 4 nitrogen and oxygen atoms in total. The van der Waals surface area contributed by atoms with Crippen LogP contribution in [0, 0.1) is 0 Å². The van der Waals surface area contributed by atoms with Crippen molar-refractivity contribution < 1.29 is 4.79 Å². The molecule has 0 saturated carbocycles. The van der Waals surface area contributed by atoms with E-state index in [-0.39, 0.29) is 5.91 Å². The number of carbonyl (C=O) groups excluding carboxylic acids is 1. The SMILES string of the molecule is O=C(Nc1ccnn1Cc1cccc(Cl)c1Cl)c1ccsc1. The number of anilines is 1. The lowest BCUT2D eigenvalue weighted by Crippen LogP contribution is -2.15. The zero-order valence-corrected chi connectivity index (χ0v) is 13.6. The van der Waals surface area contributed by atoms with Crippen molar-refractivity contribution in [1.29, 1.82) is 0 Å². The topological polar surface area (TPSA) is 46.9 Å². The second kappa shape index (κ2) is 6.52. The van der Waals surface area contributed by atoms with Gasteiger partial charge in [-0.3, -0.25) is 4.79 Å². The van der Waals surface area contributed by atoms with E-state index in [1.807, 2.05) is 17.5 Å². The minimum absolute atomic E-state index is 0.166. The first kappa shape index (κ1) is 15.1. The van der Waals surface area contributed by atoms with Crippen LogP contribution in [0.25, 0.3) is 0 Å². The molecule has 0 aliphatic heterocycles. The van der Waals surface area contributed by atoms with Crippen molar-refractivity contribution in [3.8, 4) is 0 Å². The maximum atomic E-state index is 12.1. The molecule has 0 unspecified atom stereocenters. The van der Waals surface area contributed by atoms with Crippen LogP contribution in [0.15, 0.2) is 47.3 Å². The first-order valence-corrected chi connectivity index (χ1v) is 8.13. The molecule has 0 aliphatic carbocycles. The number of amides is 1. The van der Waals surface area contributed by atoms with E-state index in [1.54, 1.807) is 34.5 Å². The summed E-state index contributed by atoms with van der Waals surface area (Å²) in [6.45, 7) is 0.422. The number of rotatable bonds is 4. The van der Waals surface area contributed by atoms with Gasteiger partial charge in [-0.1, -0.05) is 35.3 Å². The molecule has 1 amide bonds. The molecule has 0 aliphatic rings. The zero-order chi connectivity index (χ0) is 15.5. The fourth-order valence-electron chi connectivity index (χ4n) is 1.98. The molecule has 22 heavy (non-hydrogen) atoms. The van der Waals surface area contributed by atoms with Gasteiger partial charge in [-0.25, -0.2) is 4.68 Å². The van der Waals surface area contributed by atoms with E-state index in [2.05, 4.69) is 10.4 Å². The van der Waals surface area contributed by atoms with Crippen LogP contribution in [-0.2, 0) is 6.54 Å². The van der Waals surface area contributed by atoms with Crippen molar-refractivity contribution in [3.63, 3.8) is 0 Å². The van der Waals surface area contributed by atoms with Crippen molar-refractivity contribution in [2.45, 2.75) is 6.54 Å². The van der Waals surface area contributed by atoms with Crippen molar-refractivity contribution in [1.82, 2.24) is 9.78 Å². The van der Waals surface area contributed by atoms with Gasteiger partial charge in [-0.2, -0.15) is 16.4 Å². The summed E-state index contributed by atoms with van der Waals surface area (Å²) in [4.78, 5) is 12.1. The number of hydrogen-bond acceptors (Lipinski definition) is 3. The van der Waals surface area contributed by atoms with E-state index in [9.17, 15) is 4.79 Å². The van der Waals surface area contributed by atoms with Gasteiger partial charge in [0.1, 0.15) is 5.82 Å². The summed E-state index contributed by atoms with van der Waals surface area (Å²) in [5.74, 6) is 0.437. The minimum atomic E-state index is -0.166. The van der Waals surface area contributed by atoms with E-state index >= 15 is 0 Å². The van der Waals surface area contributed by atoms with Crippen molar-refractivity contribution in [2.75, 3.05) is 5.32 Å². The average Bonchev–Trinajstić information content (AvgIpc) is 3.16. The van der Waals surface area contributed by atoms with Crippen LogP contribution in [0.1, 0.15) is 15.9 Å². The predicted molar refractivity (Wildman–Crippen MR) is 90.1 cm³/mol. The van der Waals surface area contributed by atoms with Crippen LogP contribution in [0.3, 0.4) is 0 Å². The predicted octanol–water partition coefficient (Wildman–Crippen LogP) is 4.55. The Kier molecular flexibility index (Phi) is 4.47. The van der Waals surface area contributed by atoms with Crippen molar-refractivity contribution in [2.24, 2.45) is 0 Å². The van der Waals surface area contributed by atoms with Crippen molar-refractivity contribution >= 4 is 46.3 Å². The highest BCUT2D eigenvalue weighted by Gasteiger charge is 2.12. The highest BCUT2D eigenvalue weighted by atomic mass is 35.5. The summed E-state index contributed by atoms with van der Waals surface area (Å²) in [5, 5.41) is 11.7. The monoisotopic (exact) mass is 351 g/mol.